The molecule has 0 fully saturated rings. The molecule has 1 aliphatic carbocycles. The molecule has 4 nitrogen and oxygen atoms in total. The van der Waals surface area contributed by atoms with Crippen molar-refractivity contribution in [2.75, 3.05) is 4.90 Å². The van der Waals surface area contributed by atoms with Gasteiger partial charge >= 0.3 is 0 Å². The SMILES string of the molecule is N#CC1=C(N)N(c2ccc(Br)cc2)C2=C(C(=O)CCC2)C1c1cc(Br)cs1. The molecule has 1 unspecified atom stereocenters. The van der Waals surface area contributed by atoms with Gasteiger partial charge in [0.25, 0.3) is 0 Å². The Hall–Kier alpha value is -1.88. The van der Waals surface area contributed by atoms with Gasteiger partial charge in [0.15, 0.2) is 5.78 Å². The van der Waals surface area contributed by atoms with Gasteiger partial charge in [-0.25, -0.2) is 0 Å². The molecule has 0 bridgehead atoms. The van der Waals surface area contributed by atoms with Crippen LogP contribution in [0.3, 0.4) is 0 Å². The molecule has 0 radical (unpaired) electrons. The largest absolute Gasteiger partial charge is 0.384 e. The molecule has 1 aromatic heterocycles. The summed E-state index contributed by atoms with van der Waals surface area (Å²) in [5, 5.41) is 11.9. The van der Waals surface area contributed by atoms with Crippen LogP contribution in [0.4, 0.5) is 5.69 Å². The summed E-state index contributed by atoms with van der Waals surface area (Å²) in [4.78, 5) is 15.8. The fourth-order valence-electron chi connectivity index (χ4n) is 3.74. The van der Waals surface area contributed by atoms with Crippen LogP contribution in [-0.4, -0.2) is 5.78 Å². The minimum Gasteiger partial charge on any atom is -0.384 e. The maximum atomic E-state index is 12.9. The Balaban J connectivity index is 1.96. The van der Waals surface area contributed by atoms with Crippen molar-refractivity contribution in [2.24, 2.45) is 5.73 Å². The van der Waals surface area contributed by atoms with E-state index in [1.807, 2.05) is 40.6 Å². The van der Waals surface area contributed by atoms with E-state index < -0.39 is 0 Å². The lowest BCUT2D eigenvalue weighted by molar-refractivity contribution is -0.116. The Kier molecular flexibility index (Phi) is 4.97. The topological polar surface area (TPSA) is 70.1 Å². The highest BCUT2D eigenvalue weighted by atomic mass is 79.9. The van der Waals surface area contributed by atoms with Gasteiger partial charge in [0.2, 0.25) is 0 Å². The van der Waals surface area contributed by atoms with Crippen LogP contribution in [0.25, 0.3) is 0 Å². The number of halogens is 2. The van der Waals surface area contributed by atoms with Gasteiger partial charge in [-0.1, -0.05) is 15.9 Å². The highest BCUT2D eigenvalue weighted by Gasteiger charge is 2.40. The highest BCUT2D eigenvalue weighted by molar-refractivity contribution is 9.10. The van der Waals surface area contributed by atoms with Crippen LogP contribution in [0.1, 0.15) is 30.1 Å². The molecule has 0 saturated carbocycles. The lowest BCUT2D eigenvalue weighted by atomic mass is 9.78. The standard InChI is InChI=1S/C20H15Br2N3OS/c21-11-4-6-13(7-5-11)25-15-2-1-3-16(26)19(15)18(14(9-23)20(25)24)17-8-12(22)10-27-17/h4-8,10,18H,1-3,24H2. The summed E-state index contributed by atoms with van der Waals surface area (Å²) in [5.41, 5.74) is 9.43. The van der Waals surface area contributed by atoms with E-state index in [9.17, 15) is 10.1 Å². The highest BCUT2D eigenvalue weighted by Crippen LogP contribution is 2.47. The molecule has 2 aromatic rings. The predicted molar refractivity (Wildman–Crippen MR) is 114 cm³/mol. The molecular formula is C20H15Br2N3OS. The Labute approximate surface area is 178 Å². The number of ketones is 1. The number of benzene rings is 1. The molecule has 2 N–H and O–H groups in total. The first-order chi connectivity index (χ1) is 13.0. The van der Waals surface area contributed by atoms with Gasteiger partial charge in [-0.05, 0) is 59.1 Å². The number of allylic oxidation sites excluding steroid dienone is 3. The molecule has 2 heterocycles. The molecule has 27 heavy (non-hydrogen) atoms. The zero-order chi connectivity index (χ0) is 19.1. The average molecular weight is 505 g/mol. The number of Topliss-reactive ketones (excluding diaryl/α,β-unsaturated/α-hetero) is 1. The number of nitriles is 1. The van der Waals surface area contributed by atoms with Gasteiger partial charge in [-0.15, -0.1) is 11.3 Å². The van der Waals surface area contributed by atoms with E-state index in [1.165, 1.54) is 11.3 Å². The fourth-order valence-corrected chi connectivity index (χ4v) is 5.56. The van der Waals surface area contributed by atoms with E-state index in [1.54, 1.807) is 0 Å². The van der Waals surface area contributed by atoms with Crippen molar-refractivity contribution in [3.8, 4) is 6.07 Å². The first-order valence-electron chi connectivity index (χ1n) is 8.47. The van der Waals surface area contributed by atoms with Crippen molar-refractivity contribution in [3.63, 3.8) is 0 Å². The summed E-state index contributed by atoms with van der Waals surface area (Å²) in [6, 6.07) is 12.0. The van der Waals surface area contributed by atoms with Crippen LogP contribution in [0, 0.1) is 11.3 Å². The fraction of sp³-hybridized carbons (Fsp3) is 0.200. The monoisotopic (exact) mass is 503 g/mol. The van der Waals surface area contributed by atoms with Crippen molar-refractivity contribution >= 4 is 54.7 Å². The number of thiophene rings is 1. The van der Waals surface area contributed by atoms with Gasteiger partial charge < -0.3 is 5.73 Å². The number of hydrogen-bond donors (Lipinski definition) is 1. The zero-order valence-electron chi connectivity index (χ0n) is 14.2. The summed E-state index contributed by atoms with van der Waals surface area (Å²) < 4.78 is 1.90. The van der Waals surface area contributed by atoms with Gasteiger partial charge in [0.05, 0.1) is 17.6 Å². The third-order valence-corrected chi connectivity index (χ3v) is 7.16. The predicted octanol–water partition coefficient (Wildman–Crippen LogP) is 5.58. The lowest BCUT2D eigenvalue weighted by Gasteiger charge is -2.39. The van der Waals surface area contributed by atoms with E-state index >= 15 is 0 Å². The van der Waals surface area contributed by atoms with Crippen LogP contribution >= 0.6 is 43.2 Å². The van der Waals surface area contributed by atoms with Crippen LogP contribution in [0.2, 0.25) is 0 Å². The number of hydrogen-bond acceptors (Lipinski definition) is 5. The molecule has 0 amide bonds. The zero-order valence-corrected chi connectivity index (χ0v) is 18.2. The van der Waals surface area contributed by atoms with E-state index in [4.69, 9.17) is 5.73 Å². The van der Waals surface area contributed by atoms with E-state index in [2.05, 4.69) is 37.9 Å². The van der Waals surface area contributed by atoms with Crippen molar-refractivity contribution in [1.29, 1.82) is 5.26 Å². The maximum Gasteiger partial charge on any atom is 0.161 e. The van der Waals surface area contributed by atoms with Crippen LogP contribution in [0.5, 0.6) is 0 Å². The molecule has 1 aromatic carbocycles. The minimum absolute atomic E-state index is 0.105. The molecule has 136 valence electrons. The van der Waals surface area contributed by atoms with E-state index in [0.717, 1.165) is 38.0 Å². The number of carbonyl (C=O) groups excluding carboxylic acids is 1. The summed E-state index contributed by atoms with van der Waals surface area (Å²) >= 11 is 8.46. The van der Waals surface area contributed by atoms with Crippen molar-refractivity contribution < 1.29 is 4.79 Å². The summed E-state index contributed by atoms with van der Waals surface area (Å²) in [6.45, 7) is 0. The molecule has 1 aliphatic heterocycles. The second-order valence-electron chi connectivity index (χ2n) is 6.46. The lowest BCUT2D eigenvalue weighted by Crippen LogP contribution is -2.38. The Morgan fingerprint density at radius 2 is 1.93 bits per heavy atom. The van der Waals surface area contributed by atoms with Crippen molar-refractivity contribution in [2.45, 2.75) is 25.2 Å². The molecule has 0 saturated heterocycles. The normalized spacial score (nSPS) is 20.0. The third kappa shape index (κ3) is 3.16. The van der Waals surface area contributed by atoms with Crippen molar-refractivity contribution in [1.82, 2.24) is 0 Å². The molecule has 1 atom stereocenters. The number of carbonyl (C=O) groups is 1. The van der Waals surface area contributed by atoms with Gasteiger partial charge in [0, 0.05) is 42.6 Å². The van der Waals surface area contributed by atoms with Gasteiger partial charge in [-0.2, -0.15) is 5.26 Å². The van der Waals surface area contributed by atoms with E-state index in [-0.39, 0.29) is 11.7 Å². The molecule has 0 spiro atoms. The van der Waals surface area contributed by atoms with Crippen molar-refractivity contribution in [3.05, 3.63) is 72.2 Å². The summed E-state index contributed by atoms with van der Waals surface area (Å²) in [7, 11) is 0. The minimum atomic E-state index is -0.388. The Morgan fingerprint density at radius 3 is 2.56 bits per heavy atom. The van der Waals surface area contributed by atoms with E-state index in [0.29, 0.717) is 23.4 Å². The number of nitrogens with two attached hydrogens (primary N) is 1. The smallest absolute Gasteiger partial charge is 0.161 e. The van der Waals surface area contributed by atoms with Crippen LogP contribution < -0.4 is 10.6 Å². The molecule has 7 heteroatoms. The first kappa shape index (κ1) is 18.5. The van der Waals surface area contributed by atoms with Gasteiger partial charge in [0.1, 0.15) is 5.82 Å². The number of nitrogens with zero attached hydrogens (tertiary/aromatic N) is 2. The summed E-state index contributed by atoms with van der Waals surface area (Å²) in [5.74, 6) is 0.122. The quantitative estimate of drug-likeness (QED) is 0.579. The first-order valence-corrected chi connectivity index (χ1v) is 10.9. The summed E-state index contributed by atoms with van der Waals surface area (Å²) in [6.07, 6.45) is 2.06. The van der Waals surface area contributed by atoms with Crippen LogP contribution in [0.15, 0.2) is 67.3 Å². The average Bonchev–Trinajstić information content (AvgIpc) is 3.08. The molecule has 4 rings (SSSR count). The second-order valence-corrected chi connectivity index (χ2v) is 9.23. The molecule has 2 aliphatic rings. The Morgan fingerprint density at radius 1 is 1.19 bits per heavy atom. The van der Waals surface area contributed by atoms with Gasteiger partial charge in [-0.3, -0.25) is 9.69 Å². The maximum absolute atomic E-state index is 12.9. The Bertz CT molecular complexity index is 1030. The number of anilines is 1. The third-order valence-electron chi connectivity index (χ3n) is 4.87. The number of rotatable bonds is 2. The van der Waals surface area contributed by atoms with Crippen LogP contribution in [-0.2, 0) is 4.79 Å². The second kappa shape index (κ2) is 7.27. The molecular weight excluding hydrogens is 490 g/mol.